The number of Topliss-reactive ketones (excluding diaryl/α,β-unsaturated/α-hetero) is 1. The molecule has 2 fully saturated rings. The van der Waals surface area contributed by atoms with Gasteiger partial charge in [0.25, 0.3) is 11.7 Å². The van der Waals surface area contributed by atoms with Crippen LogP contribution in [0.5, 0.6) is 0 Å². The fourth-order valence-corrected chi connectivity index (χ4v) is 3.86. The fourth-order valence-electron chi connectivity index (χ4n) is 3.86. The predicted molar refractivity (Wildman–Crippen MR) is 113 cm³/mol. The molecule has 0 saturated carbocycles. The molecule has 6 atom stereocenters. The highest BCUT2D eigenvalue weighted by atomic mass is 16.8. The molecule has 1 aromatic carbocycles. The van der Waals surface area contributed by atoms with Crippen LogP contribution in [0, 0.1) is 0 Å². The first kappa shape index (κ1) is 25.2. The van der Waals surface area contributed by atoms with Crippen molar-refractivity contribution < 1.29 is 53.5 Å². The fraction of sp³-hybridized carbons (Fsp3) is 0.381. The number of aliphatic hydroxyl groups is 3. The SMILES string of the molecule is NC1(C(=O)c2ccccc2)C=CN([C@@H]2O[C@H](CO)[C@@H](O)[C@]2(O)OC(=O)OC2CC(=O)NC2=O)C(=O)N1. The molecule has 2 unspecified atom stereocenters. The summed E-state index contributed by atoms with van der Waals surface area (Å²) in [5, 5.41) is 35.2. The van der Waals surface area contributed by atoms with Crippen molar-refractivity contribution in [2.45, 2.75) is 42.4 Å². The second-order valence-electron chi connectivity index (χ2n) is 8.20. The Morgan fingerprint density at radius 2 is 1.92 bits per heavy atom. The van der Waals surface area contributed by atoms with Crippen LogP contribution in [0.4, 0.5) is 9.59 Å². The van der Waals surface area contributed by atoms with Gasteiger partial charge in [0.1, 0.15) is 6.10 Å². The van der Waals surface area contributed by atoms with E-state index in [1.54, 1.807) is 18.2 Å². The van der Waals surface area contributed by atoms with Crippen molar-refractivity contribution in [1.82, 2.24) is 15.5 Å². The summed E-state index contributed by atoms with van der Waals surface area (Å²) in [5.41, 5.74) is 4.29. The largest absolute Gasteiger partial charge is 0.511 e. The maximum Gasteiger partial charge on any atom is 0.511 e. The van der Waals surface area contributed by atoms with Crippen LogP contribution in [-0.4, -0.2) is 92.6 Å². The highest BCUT2D eigenvalue weighted by Crippen LogP contribution is 2.36. The first-order chi connectivity index (χ1) is 17.0. The lowest BCUT2D eigenvalue weighted by molar-refractivity contribution is -0.256. The molecule has 3 aliphatic heterocycles. The summed E-state index contributed by atoms with van der Waals surface area (Å²) in [5.74, 6) is -5.29. The number of rotatable bonds is 6. The van der Waals surface area contributed by atoms with Crippen molar-refractivity contribution in [3.05, 3.63) is 48.2 Å². The molecule has 0 aromatic heterocycles. The Hall–Kier alpha value is -3.89. The van der Waals surface area contributed by atoms with Crippen LogP contribution in [0.25, 0.3) is 0 Å². The monoisotopic (exact) mass is 506 g/mol. The van der Waals surface area contributed by atoms with E-state index in [1.165, 1.54) is 12.1 Å². The second kappa shape index (κ2) is 9.29. The molecule has 0 aliphatic carbocycles. The molecule has 3 aliphatic rings. The number of amides is 4. The highest BCUT2D eigenvalue weighted by molar-refractivity contribution is 6.07. The summed E-state index contributed by atoms with van der Waals surface area (Å²) in [6.45, 7) is -0.857. The topological polar surface area (TPSA) is 227 Å². The third-order valence-electron chi connectivity index (χ3n) is 5.74. The van der Waals surface area contributed by atoms with E-state index in [0.29, 0.717) is 4.90 Å². The number of ether oxygens (including phenoxy) is 3. The van der Waals surface area contributed by atoms with Crippen LogP contribution < -0.4 is 16.4 Å². The van der Waals surface area contributed by atoms with Gasteiger partial charge in [0.15, 0.2) is 17.9 Å². The zero-order valence-electron chi connectivity index (χ0n) is 18.4. The van der Waals surface area contributed by atoms with E-state index in [4.69, 9.17) is 19.9 Å². The highest BCUT2D eigenvalue weighted by Gasteiger charge is 2.62. The lowest BCUT2D eigenvalue weighted by atomic mass is 9.97. The number of imide groups is 1. The van der Waals surface area contributed by atoms with Crippen molar-refractivity contribution in [3.63, 3.8) is 0 Å². The van der Waals surface area contributed by atoms with Crippen molar-refractivity contribution >= 4 is 29.8 Å². The standard InChI is InChI=1S/C21H22N4O11/c22-20(14(28)10-4-2-1-3-5-10)6-7-25(18(31)24-20)17-21(33,15(29)12(9-26)34-17)36-19(32)35-11-8-13(27)23-16(11)30/h1-7,11-12,15,17,26,29,33H,8-9,22H2,(H,24,31)(H,23,27,30)/t11?,12-,15-,17-,20?,21+/m1/s1. The van der Waals surface area contributed by atoms with E-state index in [1.807, 2.05) is 5.32 Å². The quantitative estimate of drug-likeness (QED) is 0.101. The molecule has 0 bridgehead atoms. The van der Waals surface area contributed by atoms with Crippen molar-refractivity contribution in [1.29, 1.82) is 0 Å². The van der Waals surface area contributed by atoms with Crippen LogP contribution in [0.15, 0.2) is 42.6 Å². The molecule has 0 spiro atoms. The molecule has 192 valence electrons. The minimum Gasteiger partial charge on any atom is -0.420 e. The third kappa shape index (κ3) is 4.40. The molecule has 4 amide bonds. The zero-order valence-corrected chi connectivity index (χ0v) is 18.4. The lowest BCUT2D eigenvalue weighted by Crippen LogP contribution is -2.68. The van der Waals surface area contributed by atoms with Crippen molar-refractivity contribution in [3.8, 4) is 0 Å². The number of nitrogens with two attached hydrogens (primary N) is 1. The van der Waals surface area contributed by atoms with E-state index >= 15 is 0 Å². The average molecular weight is 506 g/mol. The number of carbonyl (C=O) groups is 5. The molecular weight excluding hydrogens is 484 g/mol. The molecule has 1 aromatic rings. The first-order valence-corrected chi connectivity index (χ1v) is 10.6. The van der Waals surface area contributed by atoms with E-state index in [2.05, 4.69) is 5.32 Å². The number of hydrogen-bond acceptors (Lipinski definition) is 12. The lowest BCUT2D eigenvalue weighted by Gasteiger charge is -2.39. The molecule has 36 heavy (non-hydrogen) atoms. The average Bonchev–Trinajstić information content (AvgIpc) is 3.28. The Kier molecular flexibility index (Phi) is 6.50. The summed E-state index contributed by atoms with van der Waals surface area (Å²) in [4.78, 5) is 61.6. The van der Waals surface area contributed by atoms with Gasteiger partial charge in [-0.05, 0) is 6.08 Å². The van der Waals surface area contributed by atoms with E-state index in [0.717, 1.165) is 12.3 Å². The smallest absolute Gasteiger partial charge is 0.420 e. The number of aliphatic hydroxyl groups excluding tert-OH is 2. The molecule has 15 nitrogen and oxygen atoms in total. The van der Waals surface area contributed by atoms with Gasteiger partial charge in [-0.3, -0.25) is 30.3 Å². The van der Waals surface area contributed by atoms with Gasteiger partial charge in [-0.1, -0.05) is 30.3 Å². The maximum absolute atomic E-state index is 12.9. The Labute approximate surface area is 202 Å². The molecular formula is C21H22N4O11. The molecule has 2 saturated heterocycles. The Balaban J connectivity index is 1.56. The van der Waals surface area contributed by atoms with E-state index in [9.17, 15) is 39.3 Å². The van der Waals surface area contributed by atoms with Gasteiger partial charge in [0, 0.05) is 11.8 Å². The van der Waals surface area contributed by atoms with Gasteiger partial charge >= 0.3 is 12.2 Å². The van der Waals surface area contributed by atoms with Crippen molar-refractivity contribution in [2.75, 3.05) is 6.61 Å². The summed E-state index contributed by atoms with van der Waals surface area (Å²) in [7, 11) is 0. The molecule has 4 rings (SSSR count). The second-order valence-corrected chi connectivity index (χ2v) is 8.20. The van der Waals surface area contributed by atoms with Gasteiger partial charge in [-0.25, -0.2) is 9.59 Å². The zero-order chi connectivity index (χ0) is 26.3. The molecule has 15 heteroatoms. The molecule has 7 N–H and O–H groups in total. The van der Waals surface area contributed by atoms with Crippen LogP contribution in [0.1, 0.15) is 16.8 Å². The molecule has 0 radical (unpaired) electrons. The van der Waals surface area contributed by atoms with Crippen LogP contribution in [-0.2, 0) is 23.8 Å². The summed E-state index contributed by atoms with van der Waals surface area (Å²) < 4.78 is 14.9. The normalized spacial score (nSPS) is 33.8. The maximum atomic E-state index is 12.9. The molecule has 3 heterocycles. The predicted octanol–water partition coefficient (Wildman–Crippen LogP) is -2.60. The van der Waals surface area contributed by atoms with Gasteiger partial charge < -0.3 is 34.8 Å². The van der Waals surface area contributed by atoms with Gasteiger partial charge in [-0.15, -0.1) is 0 Å². The number of nitrogens with zero attached hydrogens (tertiary/aromatic N) is 1. The number of urea groups is 1. The van der Waals surface area contributed by atoms with Crippen LogP contribution in [0.3, 0.4) is 0 Å². The summed E-state index contributed by atoms with van der Waals surface area (Å²) in [6, 6.07) is 6.77. The van der Waals surface area contributed by atoms with Gasteiger partial charge in [0.05, 0.1) is 13.0 Å². The first-order valence-electron chi connectivity index (χ1n) is 10.6. The third-order valence-corrected chi connectivity index (χ3v) is 5.74. The van der Waals surface area contributed by atoms with E-state index in [-0.39, 0.29) is 5.56 Å². The number of benzene rings is 1. The Morgan fingerprint density at radius 1 is 1.22 bits per heavy atom. The summed E-state index contributed by atoms with van der Waals surface area (Å²) in [6.07, 6.45) is -7.22. The number of ketones is 1. The minimum absolute atomic E-state index is 0.197. The number of hydrogen-bond donors (Lipinski definition) is 6. The Bertz CT molecular complexity index is 1130. The Morgan fingerprint density at radius 3 is 2.50 bits per heavy atom. The van der Waals surface area contributed by atoms with Gasteiger partial charge in [0.2, 0.25) is 17.9 Å². The number of carbonyl (C=O) groups excluding carboxylic acids is 5. The summed E-state index contributed by atoms with van der Waals surface area (Å²) >= 11 is 0. The van der Waals surface area contributed by atoms with E-state index < -0.39 is 78.8 Å². The van der Waals surface area contributed by atoms with Crippen molar-refractivity contribution in [2.24, 2.45) is 5.73 Å². The number of nitrogens with one attached hydrogen (secondary N) is 2. The van der Waals surface area contributed by atoms with Gasteiger partial charge in [-0.2, -0.15) is 0 Å². The minimum atomic E-state index is -3.01. The van der Waals surface area contributed by atoms with Crippen LogP contribution >= 0.6 is 0 Å². The van der Waals surface area contributed by atoms with Crippen LogP contribution in [0.2, 0.25) is 0 Å².